The molecule has 25 heavy (non-hydrogen) atoms. The topological polar surface area (TPSA) is 66.5 Å². The summed E-state index contributed by atoms with van der Waals surface area (Å²) < 4.78 is 26.5. The van der Waals surface area contributed by atoms with E-state index in [2.05, 4.69) is 27.9 Å². The molecule has 0 aliphatic heterocycles. The molecule has 0 unspecified atom stereocenters. The SMILES string of the molecule is CS(=O)(=O)N(CCCC(=O)NCC1CCCCC1)c1ccc(I)cc1. The van der Waals surface area contributed by atoms with Gasteiger partial charge in [0.1, 0.15) is 0 Å². The van der Waals surface area contributed by atoms with E-state index in [4.69, 9.17) is 0 Å². The maximum absolute atomic E-state index is 12.0. The number of nitrogens with zero attached hydrogens (tertiary/aromatic N) is 1. The molecular formula is C18H27IN2O3S. The van der Waals surface area contributed by atoms with Crippen LogP contribution in [-0.2, 0) is 14.8 Å². The van der Waals surface area contributed by atoms with Crippen LogP contribution in [0.4, 0.5) is 5.69 Å². The fourth-order valence-electron chi connectivity index (χ4n) is 3.21. The van der Waals surface area contributed by atoms with Gasteiger partial charge in [0.25, 0.3) is 0 Å². The van der Waals surface area contributed by atoms with Gasteiger partial charge in [-0.2, -0.15) is 0 Å². The van der Waals surface area contributed by atoms with Crippen LogP contribution in [0, 0.1) is 9.49 Å². The first kappa shape index (κ1) is 20.5. The maximum atomic E-state index is 12.0. The first-order chi connectivity index (χ1) is 11.9. The number of anilines is 1. The van der Waals surface area contributed by atoms with Gasteiger partial charge in [-0.3, -0.25) is 9.10 Å². The van der Waals surface area contributed by atoms with Crippen LogP contribution >= 0.6 is 22.6 Å². The van der Waals surface area contributed by atoms with E-state index in [9.17, 15) is 13.2 Å². The minimum Gasteiger partial charge on any atom is -0.356 e. The zero-order valence-electron chi connectivity index (χ0n) is 14.7. The summed E-state index contributed by atoms with van der Waals surface area (Å²) in [6, 6.07) is 7.36. The normalized spacial score (nSPS) is 15.8. The molecule has 0 spiro atoms. The number of carbonyl (C=O) groups is 1. The first-order valence-electron chi connectivity index (χ1n) is 8.86. The number of rotatable bonds is 8. The largest absolute Gasteiger partial charge is 0.356 e. The lowest BCUT2D eigenvalue weighted by atomic mass is 9.89. The van der Waals surface area contributed by atoms with Gasteiger partial charge in [-0.1, -0.05) is 19.3 Å². The Kier molecular flexibility index (Phi) is 7.99. The summed E-state index contributed by atoms with van der Waals surface area (Å²) in [5, 5.41) is 3.00. The molecule has 1 aromatic carbocycles. The third-order valence-corrected chi connectivity index (χ3v) is 6.51. The van der Waals surface area contributed by atoms with Crippen LogP contribution in [0.3, 0.4) is 0 Å². The van der Waals surface area contributed by atoms with Crippen LogP contribution in [0.25, 0.3) is 0 Å². The Morgan fingerprint density at radius 2 is 1.84 bits per heavy atom. The van der Waals surface area contributed by atoms with E-state index in [-0.39, 0.29) is 5.91 Å². The summed E-state index contributed by atoms with van der Waals surface area (Å²) in [6.07, 6.45) is 8.31. The molecule has 1 fully saturated rings. The molecule has 0 aromatic heterocycles. The van der Waals surface area contributed by atoms with Crippen LogP contribution in [0.15, 0.2) is 24.3 Å². The fourth-order valence-corrected chi connectivity index (χ4v) is 4.54. The molecule has 0 radical (unpaired) electrons. The first-order valence-corrected chi connectivity index (χ1v) is 11.8. The Labute approximate surface area is 164 Å². The Hall–Kier alpha value is -0.830. The second-order valence-electron chi connectivity index (χ2n) is 6.72. The lowest BCUT2D eigenvalue weighted by Crippen LogP contribution is -2.33. The number of benzene rings is 1. The second-order valence-corrected chi connectivity index (χ2v) is 9.88. The van der Waals surface area contributed by atoms with Gasteiger partial charge in [0, 0.05) is 23.1 Å². The smallest absolute Gasteiger partial charge is 0.232 e. The van der Waals surface area contributed by atoms with E-state index >= 15 is 0 Å². The maximum Gasteiger partial charge on any atom is 0.232 e. The van der Waals surface area contributed by atoms with Crippen molar-refractivity contribution in [2.24, 2.45) is 5.92 Å². The van der Waals surface area contributed by atoms with E-state index in [1.54, 1.807) is 12.1 Å². The van der Waals surface area contributed by atoms with E-state index in [0.717, 1.165) is 10.1 Å². The predicted octanol–water partition coefficient (Wildman–Crippen LogP) is 3.53. The van der Waals surface area contributed by atoms with Crippen molar-refractivity contribution in [2.45, 2.75) is 44.9 Å². The Bertz CT molecular complexity index is 655. The molecule has 2 rings (SSSR count). The average molecular weight is 478 g/mol. The van der Waals surface area contributed by atoms with Crippen molar-refractivity contribution in [1.82, 2.24) is 5.32 Å². The molecule has 1 saturated carbocycles. The zero-order valence-corrected chi connectivity index (χ0v) is 17.7. The number of sulfonamides is 1. The van der Waals surface area contributed by atoms with Crippen molar-refractivity contribution in [3.8, 4) is 0 Å². The van der Waals surface area contributed by atoms with Crippen LogP contribution in [-0.4, -0.2) is 33.7 Å². The summed E-state index contributed by atoms with van der Waals surface area (Å²) in [5.74, 6) is 0.624. The van der Waals surface area contributed by atoms with Gasteiger partial charge >= 0.3 is 0 Å². The molecule has 5 nitrogen and oxygen atoms in total. The third-order valence-electron chi connectivity index (χ3n) is 4.59. The quantitative estimate of drug-likeness (QED) is 0.582. The second kappa shape index (κ2) is 9.75. The Morgan fingerprint density at radius 3 is 2.44 bits per heavy atom. The monoisotopic (exact) mass is 478 g/mol. The van der Waals surface area contributed by atoms with Crippen molar-refractivity contribution in [1.29, 1.82) is 0 Å². The standard InChI is InChI=1S/C18H27IN2O3S/c1-25(23,24)21(17-11-9-16(19)10-12-17)13-5-8-18(22)20-14-15-6-3-2-4-7-15/h9-12,15H,2-8,13-14H2,1H3,(H,20,22). The van der Waals surface area contributed by atoms with Crippen molar-refractivity contribution < 1.29 is 13.2 Å². The molecule has 0 bridgehead atoms. The molecule has 0 heterocycles. The predicted molar refractivity (Wildman–Crippen MR) is 110 cm³/mol. The summed E-state index contributed by atoms with van der Waals surface area (Å²) >= 11 is 2.18. The molecule has 0 saturated heterocycles. The Balaban J connectivity index is 1.80. The number of hydrogen-bond acceptors (Lipinski definition) is 3. The highest BCUT2D eigenvalue weighted by molar-refractivity contribution is 14.1. The van der Waals surface area contributed by atoms with Gasteiger partial charge < -0.3 is 5.32 Å². The zero-order chi connectivity index (χ0) is 18.3. The van der Waals surface area contributed by atoms with Crippen LogP contribution < -0.4 is 9.62 Å². The van der Waals surface area contributed by atoms with Crippen LogP contribution in [0.1, 0.15) is 44.9 Å². The van der Waals surface area contributed by atoms with Crippen molar-refractivity contribution >= 4 is 44.2 Å². The molecule has 1 N–H and O–H groups in total. The summed E-state index contributed by atoms with van der Waals surface area (Å²) in [5.41, 5.74) is 0.644. The summed E-state index contributed by atoms with van der Waals surface area (Å²) in [4.78, 5) is 12.0. The minimum atomic E-state index is -3.36. The number of nitrogens with one attached hydrogen (secondary N) is 1. The van der Waals surface area contributed by atoms with Crippen LogP contribution in [0.2, 0.25) is 0 Å². The highest BCUT2D eigenvalue weighted by atomic mass is 127. The summed E-state index contributed by atoms with van der Waals surface area (Å²) in [7, 11) is -3.36. The average Bonchev–Trinajstić information content (AvgIpc) is 2.58. The van der Waals surface area contributed by atoms with Gasteiger partial charge in [-0.05, 0) is 72.0 Å². The summed E-state index contributed by atoms with van der Waals surface area (Å²) in [6.45, 7) is 1.07. The van der Waals surface area contributed by atoms with Crippen molar-refractivity contribution in [3.63, 3.8) is 0 Å². The van der Waals surface area contributed by atoms with E-state index < -0.39 is 10.0 Å². The van der Waals surface area contributed by atoms with Crippen LogP contribution in [0.5, 0.6) is 0 Å². The molecule has 1 aliphatic carbocycles. The number of amides is 1. The van der Waals surface area contributed by atoms with E-state index in [1.165, 1.54) is 42.7 Å². The number of hydrogen-bond donors (Lipinski definition) is 1. The number of carbonyl (C=O) groups excluding carboxylic acids is 1. The van der Waals surface area contributed by atoms with Gasteiger partial charge in [0.05, 0.1) is 11.9 Å². The van der Waals surface area contributed by atoms with E-state index in [1.807, 2.05) is 12.1 Å². The lowest BCUT2D eigenvalue weighted by molar-refractivity contribution is -0.121. The van der Waals surface area contributed by atoms with E-state index in [0.29, 0.717) is 31.0 Å². The van der Waals surface area contributed by atoms with Gasteiger partial charge in [-0.15, -0.1) is 0 Å². The highest BCUT2D eigenvalue weighted by Crippen LogP contribution is 2.23. The lowest BCUT2D eigenvalue weighted by Gasteiger charge is -2.23. The molecule has 140 valence electrons. The van der Waals surface area contributed by atoms with Gasteiger partial charge in [-0.25, -0.2) is 8.42 Å². The fraction of sp³-hybridized carbons (Fsp3) is 0.611. The third kappa shape index (κ3) is 7.13. The number of halogens is 1. The van der Waals surface area contributed by atoms with Gasteiger partial charge in [0.2, 0.25) is 15.9 Å². The molecule has 1 aromatic rings. The minimum absolute atomic E-state index is 0.0154. The van der Waals surface area contributed by atoms with Gasteiger partial charge in [0.15, 0.2) is 0 Å². The molecule has 0 atom stereocenters. The molecule has 1 amide bonds. The highest BCUT2D eigenvalue weighted by Gasteiger charge is 2.18. The molecular weight excluding hydrogens is 451 g/mol. The van der Waals surface area contributed by atoms with Crippen molar-refractivity contribution in [2.75, 3.05) is 23.7 Å². The molecule has 7 heteroatoms. The van der Waals surface area contributed by atoms with Crippen molar-refractivity contribution in [3.05, 3.63) is 27.8 Å². The molecule has 1 aliphatic rings. The Morgan fingerprint density at radius 1 is 1.20 bits per heavy atom.